The molecule has 0 saturated carbocycles. The molecule has 0 bridgehead atoms. The van der Waals surface area contributed by atoms with Crippen LogP contribution in [-0.4, -0.2) is 16.1 Å². The first-order valence-electron chi connectivity index (χ1n) is 5.94. The molecule has 3 rings (SSSR count). The van der Waals surface area contributed by atoms with Crippen molar-refractivity contribution in [1.29, 1.82) is 0 Å². The van der Waals surface area contributed by atoms with Crippen LogP contribution in [0.1, 0.15) is 10.4 Å². The summed E-state index contributed by atoms with van der Waals surface area (Å²) in [5, 5.41) is 11.6. The molecule has 4 nitrogen and oxygen atoms in total. The van der Waals surface area contributed by atoms with Gasteiger partial charge in [-0.2, -0.15) is 0 Å². The van der Waals surface area contributed by atoms with E-state index in [4.69, 9.17) is 9.52 Å². The summed E-state index contributed by atoms with van der Waals surface area (Å²) in [6.45, 7) is 1.98. The van der Waals surface area contributed by atoms with Crippen molar-refractivity contribution in [2.75, 3.05) is 0 Å². The largest absolute Gasteiger partial charge is 0.481 e. The van der Waals surface area contributed by atoms with E-state index in [-0.39, 0.29) is 6.42 Å². The lowest BCUT2D eigenvalue weighted by Crippen LogP contribution is -1.96. The van der Waals surface area contributed by atoms with E-state index >= 15 is 0 Å². The van der Waals surface area contributed by atoms with Gasteiger partial charge in [0.1, 0.15) is 0 Å². The lowest BCUT2D eigenvalue weighted by molar-refractivity contribution is -0.136. The molecule has 3 aromatic rings. The van der Waals surface area contributed by atoms with E-state index in [9.17, 15) is 4.79 Å². The molecule has 0 amide bonds. The third kappa shape index (κ3) is 2.52. The van der Waals surface area contributed by atoms with Crippen molar-refractivity contribution in [3.8, 4) is 21.3 Å². The third-order valence-electron chi connectivity index (χ3n) is 2.80. The van der Waals surface area contributed by atoms with Gasteiger partial charge in [-0.3, -0.25) is 4.79 Å². The molecular formula is C14H11NO3S2. The maximum atomic E-state index is 10.7. The summed E-state index contributed by atoms with van der Waals surface area (Å²) in [7, 11) is 0. The number of carboxylic acid groups (broad SMARTS) is 1. The highest BCUT2D eigenvalue weighted by Gasteiger charge is 2.13. The Morgan fingerprint density at radius 3 is 2.95 bits per heavy atom. The molecule has 0 unspecified atom stereocenters. The van der Waals surface area contributed by atoms with Gasteiger partial charge in [-0.1, -0.05) is 0 Å². The Labute approximate surface area is 123 Å². The lowest BCUT2D eigenvalue weighted by atomic mass is 10.3. The van der Waals surface area contributed by atoms with E-state index in [1.165, 1.54) is 22.7 Å². The predicted octanol–water partition coefficient (Wildman–Crippen LogP) is 4.07. The van der Waals surface area contributed by atoms with Gasteiger partial charge in [-0.05, 0) is 30.7 Å². The lowest BCUT2D eigenvalue weighted by Gasteiger charge is -1.92. The average Bonchev–Trinajstić information content (AvgIpc) is 3.07. The first kappa shape index (κ1) is 13.1. The van der Waals surface area contributed by atoms with Crippen LogP contribution in [0.25, 0.3) is 21.3 Å². The number of thiazole rings is 1. The topological polar surface area (TPSA) is 63.3 Å². The van der Waals surface area contributed by atoms with E-state index in [0.717, 1.165) is 31.8 Å². The number of nitrogens with zero attached hydrogens (tertiary/aromatic N) is 1. The van der Waals surface area contributed by atoms with E-state index in [2.05, 4.69) is 4.98 Å². The van der Waals surface area contributed by atoms with Gasteiger partial charge in [-0.15, -0.1) is 22.7 Å². The van der Waals surface area contributed by atoms with Crippen molar-refractivity contribution in [1.82, 2.24) is 4.98 Å². The summed E-state index contributed by atoms with van der Waals surface area (Å²) >= 11 is 2.99. The number of hydrogen-bond acceptors (Lipinski definition) is 5. The van der Waals surface area contributed by atoms with Gasteiger partial charge in [-0.25, -0.2) is 4.98 Å². The smallest absolute Gasteiger partial charge is 0.308 e. The molecule has 0 fully saturated rings. The maximum absolute atomic E-state index is 10.7. The monoisotopic (exact) mass is 305 g/mol. The molecule has 6 heteroatoms. The molecule has 3 heterocycles. The summed E-state index contributed by atoms with van der Waals surface area (Å²) < 4.78 is 5.43. The fourth-order valence-corrected chi connectivity index (χ4v) is 3.75. The van der Waals surface area contributed by atoms with Crippen LogP contribution < -0.4 is 0 Å². The average molecular weight is 305 g/mol. The second-order valence-corrected chi connectivity index (χ2v) is 6.33. The molecule has 0 aromatic carbocycles. The Morgan fingerprint density at radius 1 is 1.40 bits per heavy atom. The van der Waals surface area contributed by atoms with Crippen LogP contribution in [0, 0.1) is 6.92 Å². The molecule has 0 radical (unpaired) electrons. The van der Waals surface area contributed by atoms with E-state index in [0.29, 0.717) is 0 Å². The SMILES string of the molecule is Cc1ccoc1-c1nc(-c2ccc(CC(=O)O)s2)cs1. The van der Waals surface area contributed by atoms with E-state index in [1.807, 2.05) is 30.5 Å². The van der Waals surface area contributed by atoms with Crippen LogP contribution in [0.15, 0.2) is 34.3 Å². The molecular weight excluding hydrogens is 294 g/mol. The highest BCUT2D eigenvalue weighted by atomic mass is 32.1. The Kier molecular flexibility index (Phi) is 3.42. The fraction of sp³-hybridized carbons (Fsp3) is 0.143. The number of furan rings is 1. The van der Waals surface area contributed by atoms with Crippen molar-refractivity contribution >= 4 is 28.6 Å². The van der Waals surface area contributed by atoms with E-state index < -0.39 is 5.97 Å². The van der Waals surface area contributed by atoms with Gasteiger partial charge in [0.05, 0.1) is 23.3 Å². The first-order chi connectivity index (χ1) is 9.63. The molecule has 0 aliphatic carbocycles. The minimum absolute atomic E-state index is 0.0545. The molecule has 0 aliphatic rings. The van der Waals surface area contributed by atoms with Crippen molar-refractivity contribution < 1.29 is 14.3 Å². The molecule has 0 saturated heterocycles. The molecule has 102 valence electrons. The van der Waals surface area contributed by atoms with Gasteiger partial charge < -0.3 is 9.52 Å². The minimum Gasteiger partial charge on any atom is -0.481 e. The van der Waals surface area contributed by atoms with Crippen LogP contribution in [-0.2, 0) is 11.2 Å². The summed E-state index contributed by atoms with van der Waals surface area (Å²) in [5.41, 5.74) is 1.92. The van der Waals surface area contributed by atoms with Crippen molar-refractivity contribution in [2.24, 2.45) is 0 Å². The highest BCUT2D eigenvalue weighted by molar-refractivity contribution is 7.16. The highest BCUT2D eigenvalue weighted by Crippen LogP contribution is 2.34. The number of aromatic nitrogens is 1. The third-order valence-corrected chi connectivity index (χ3v) is 4.75. The molecule has 0 atom stereocenters. The fourth-order valence-electron chi connectivity index (χ4n) is 1.84. The van der Waals surface area contributed by atoms with Gasteiger partial charge in [0.15, 0.2) is 10.8 Å². The first-order valence-corrected chi connectivity index (χ1v) is 7.64. The number of carbonyl (C=O) groups is 1. The normalized spacial score (nSPS) is 10.8. The Morgan fingerprint density at radius 2 is 2.25 bits per heavy atom. The number of carboxylic acids is 1. The number of thiophene rings is 1. The molecule has 3 aromatic heterocycles. The number of rotatable bonds is 4. The maximum Gasteiger partial charge on any atom is 0.308 e. The van der Waals surface area contributed by atoms with Gasteiger partial charge in [0, 0.05) is 10.3 Å². The second-order valence-electron chi connectivity index (χ2n) is 4.31. The zero-order valence-electron chi connectivity index (χ0n) is 10.6. The summed E-state index contributed by atoms with van der Waals surface area (Å²) in [4.78, 5) is 17.1. The molecule has 0 spiro atoms. The zero-order valence-corrected chi connectivity index (χ0v) is 12.3. The number of hydrogen-bond donors (Lipinski definition) is 1. The van der Waals surface area contributed by atoms with Crippen molar-refractivity contribution in [2.45, 2.75) is 13.3 Å². The number of aliphatic carboxylic acids is 1. The molecule has 1 N–H and O–H groups in total. The van der Waals surface area contributed by atoms with Crippen LogP contribution in [0.5, 0.6) is 0 Å². The van der Waals surface area contributed by atoms with Crippen molar-refractivity contribution in [3.63, 3.8) is 0 Å². The van der Waals surface area contributed by atoms with Crippen LogP contribution in [0.2, 0.25) is 0 Å². The Hall–Kier alpha value is -1.92. The standard InChI is InChI=1S/C14H11NO3S2/c1-8-4-5-18-13(8)14-15-10(7-19-14)11-3-2-9(20-11)6-12(16)17/h2-5,7H,6H2,1H3,(H,16,17). The van der Waals surface area contributed by atoms with Gasteiger partial charge in [0.25, 0.3) is 0 Å². The predicted molar refractivity (Wildman–Crippen MR) is 79.2 cm³/mol. The summed E-state index contributed by atoms with van der Waals surface area (Å²) in [6.07, 6.45) is 1.71. The van der Waals surface area contributed by atoms with Crippen LogP contribution >= 0.6 is 22.7 Å². The van der Waals surface area contributed by atoms with Gasteiger partial charge in [0.2, 0.25) is 0 Å². The molecule has 20 heavy (non-hydrogen) atoms. The van der Waals surface area contributed by atoms with Crippen LogP contribution in [0.4, 0.5) is 0 Å². The summed E-state index contributed by atoms with van der Waals surface area (Å²) in [6, 6.07) is 5.66. The zero-order chi connectivity index (χ0) is 14.1. The Bertz CT molecular complexity index is 754. The Balaban J connectivity index is 1.88. The van der Waals surface area contributed by atoms with E-state index in [1.54, 1.807) is 6.26 Å². The second kappa shape index (κ2) is 5.22. The quantitative estimate of drug-likeness (QED) is 0.789. The molecule has 0 aliphatic heterocycles. The van der Waals surface area contributed by atoms with Gasteiger partial charge >= 0.3 is 5.97 Å². The minimum atomic E-state index is -0.816. The number of aryl methyl sites for hydroxylation is 1. The van der Waals surface area contributed by atoms with Crippen LogP contribution in [0.3, 0.4) is 0 Å². The summed E-state index contributed by atoms with van der Waals surface area (Å²) in [5.74, 6) is -0.0212. The van der Waals surface area contributed by atoms with Crippen molar-refractivity contribution in [3.05, 3.63) is 40.3 Å².